The lowest BCUT2D eigenvalue weighted by Gasteiger charge is -2.32. The lowest BCUT2D eigenvalue weighted by atomic mass is 9.79. The van der Waals surface area contributed by atoms with Crippen molar-refractivity contribution in [1.29, 1.82) is 0 Å². The average Bonchev–Trinajstić information content (AvgIpc) is 3.63. The van der Waals surface area contributed by atoms with Gasteiger partial charge in [0.25, 0.3) is 11.8 Å². The van der Waals surface area contributed by atoms with Crippen molar-refractivity contribution in [1.82, 2.24) is 20.6 Å². The van der Waals surface area contributed by atoms with Crippen LogP contribution in [-0.4, -0.2) is 78.9 Å². The molecule has 1 aromatic heterocycles. The summed E-state index contributed by atoms with van der Waals surface area (Å²) in [6.07, 6.45) is 10.3. The van der Waals surface area contributed by atoms with Crippen molar-refractivity contribution in [2.24, 2.45) is 15.9 Å². The largest absolute Gasteiger partial charge is 0.379 e. The highest BCUT2D eigenvalue weighted by Gasteiger charge is 2.46. The number of nitrogens with zero attached hydrogens (tertiary/aromatic N) is 4. The number of unbranched alkanes of at least 4 members (excludes halogenated alkanes) is 1. The molecule has 11 heteroatoms. The Morgan fingerprint density at radius 3 is 2.54 bits per heavy atom. The van der Waals surface area contributed by atoms with Gasteiger partial charge in [0.2, 0.25) is 5.95 Å². The number of hydrogen-bond donors (Lipinski definition) is 3. The predicted molar refractivity (Wildman–Crippen MR) is 176 cm³/mol. The second-order valence-electron chi connectivity index (χ2n) is 12.8. The van der Waals surface area contributed by atoms with Crippen molar-refractivity contribution in [3.05, 3.63) is 52.4 Å². The second kappa shape index (κ2) is 16.5. The first-order valence-electron chi connectivity index (χ1n) is 17.3. The van der Waals surface area contributed by atoms with Crippen molar-refractivity contribution in [2.45, 2.75) is 108 Å². The number of aryl methyl sites for hydroxylation is 1. The van der Waals surface area contributed by atoms with Crippen molar-refractivity contribution in [3.8, 4) is 0 Å². The number of anilines is 1. The van der Waals surface area contributed by atoms with E-state index in [1.54, 1.807) is 19.2 Å². The highest BCUT2D eigenvalue weighted by Crippen LogP contribution is 2.39. The number of ether oxygens (including phenoxy) is 2. The number of rotatable bonds is 16. The number of amides is 2. The minimum absolute atomic E-state index is 0.106. The molecule has 3 aliphatic rings. The first-order chi connectivity index (χ1) is 22.4. The van der Waals surface area contributed by atoms with E-state index >= 15 is 0 Å². The van der Waals surface area contributed by atoms with Gasteiger partial charge in [-0.15, -0.1) is 0 Å². The van der Waals surface area contributed by atoms with Gasteiger partial charge in [-0.05, 0) is 95.9 Å². The molecule has 1 aliphatic carbocycles. The number of nitrogens with one attached hydrogen (secondary N) is 3. The number of hydrogen-bond acceptors (Lipinski definition) is 9. The van der Waals surface area contributed by atoms with E-state index in [0.717, 1.165) is 77.5 Å². The van der Waals surface area contributed by atoms with Gasteiger partial charge in [-0.25, -0.2) is 15.0 Å². The van der Waals surface area contributed by atoms with Crippen LogP contribution in [0.25, 0.3) is 0 Å². The Hall–Kier alpha value is -3.28. The van der Waals surface area contributed by atoms with Gasteiger partial charge in [0, 0.05) is 25.8 Å². The van der Waals surface area contributed by atoms with Crippen LogP contribution in [0.5, 0.6) is 0 Å². The molecule has 2 aromatic rings. The molecule has 1 saturated carbocycles. The Morgan fingerprint density at radius 2 is 1.83 bits per heavy atom. The van der Waals surface area contributed by atoms with Gasteiger partial charge >= 0.3 is 0 Å². The summed E-state index contributed by atoms with van der Waals surface area (Å²) in [5.41, 5.74) is 0.896. The third kappa shape index (κ3) is 8.35. The Balaban J connectivity index is 1.31. The molecule has 0 radical (unpaired) electrons. The maximum Gasteiger partial charge on any atom is 0.274 e. The van der Waals surface area contributed by atoms with E-state index in [-0.39, 0.29) is 29.9 Å². The van der Waals surface area contributed by atoms with Crippen molar-refractivity contribution in [3.63, 3.8) is 0 Å². The Bertz CT molecular complexity index is 1430. The topological polar surface area (TPSA) is 139 Å². The van der Waals surface area contributed by atoms with E-state index in [1.807, 2.05) is 32.0 Å². The quantitative estimate of drug-likeness (QED) is 0.239. The number of methoxy groups -OCH3 is 1. The zero-order valence-corrected chi connectivity index (χ0v) is 27.7. The molecule has 2 unspecified atom stereocenters. The monoisotopic (exact) mass is 633 g/mol. The lowest BCUT2D eigenvalue weighted by molar-refractivity contribution is -0.125. The van der Waals surface area contributed by atoms with Crippen LogP contribution >= 0.6 is 0 Å². The van der Waals surface area contributed by atoms with Gasteiger partial charge in [0.1, 0.15) is 10.9 Å². The molecule has 2 amide bonds. The van der Waals surface area contributed by atoms with Gasteiger partial charge in [-0.3, -0.25) is 9.59 Å². The van der Waals surface area contributed by atoms with Crippen molar-refractivity contribution >= 4 is 17.8 Å². The highest BCUT2D eigenvalue weighted by atomic mass is 16.5. The molecular formula is C35H51N7O4. The maximum atomic E-state index is 13.4. The Kier molecular flexibility index (Phi) is 12.2. The van der Waals surface area contributed by atoms with E-state index in [1.165, 1.54) is 0 Å². The predicted octanol–water partition coefficient (Wildman–Crippen LogP) is 3.46. The van der Waals surface area contributed by atoms with Crippen LogP contribution in [0, 0.1) is 12.8 Å². The summed E-state index contributed by atoms with van der Waals surface area (Å²) in [4.78, 5) is 45.1. The van der Waals surface area contributed by atoms with Crippen LogP contribution in [0.1, 0.15) is 93.6 Å². The maximum absolute atomic E-state index is 13.4. The minimum Gasteiger partial charge on any atom is -0.379 e. The van der Waals surface area contributed by atoms with Crippen LogP contribution in [0.2, 0.25) is 0 Å². The number of carbonyl (C=O) groups excluding carboxylic acids is 2. The summed E-state index contributed by atoms with van der Waals surface area (Å²) in [5, 5.41) is 10.4. The van der Waals surface area contributed by atoms with Crippen molar-refractivity contribution < 1.29 is 19.1 Å². The van der Waals surface area contributed by atoms with Gasteiger partial charge in [-0.2, -0.15) is 4.98 Å². The summed E-state index contributed by atoms with van der Waals surface area (Å²) in [5.74, 6) is 0.373. The third-order valence-corrected chi connectivity index (χ3v) is 9.86. The van der Waals surface area contributed by atoms with E-state index in [2.05, 4.69) is 20.9 Å². The molecule has 0 spiro atoms. The standard InChI is InChI=1S/C35H51N7O4/c1-4-35(26-14-8-9-15-26)33(44)40-30-24(2)38-34(41-31(30)42-35)39-28(16-10-11-23-46-27-17-20-36-21-18-27)29(45-3)19-22-37-32(43)25-12-6-5-7-13-25/h5-7,12-13,26-29,36H,4,8-11,14-23H2,1-3H3,(H,37,43)(H,39,41,42)/t28?,29?,35-/m1/s1. The minimum atomic E-state index is -0.846. The molecule has 5 rings (SSSR count). The molecule has 250 valence electrons. The van der Waals surface area contributed by atoms with Crippen molar-refractivity contribution in [2.75, 3.05) is 38.7 Å². The summed E-state index contributed by atoms with van der Waals surface area (Å²) < 4.78 is 12.2. The second-order valence-corrected chi connectivity index (χ2v) is 12.8. The summed E-state index contributed by atoms with van der Waals surface area (Å²) >= 11 is 0. The SMILES string of the molecule is CC[C@]1(C2CCCC2)N=c2nc(NC(CCCCOC3CCNCC3)C(CCNC(=O)c3ccccc3)OC)nc(C)c2=NC1=O. The fraction of sp³-hybridized carbons (Fsp3) is 0.657. The van der Waals surface area contributed by atoms with E-state index < -0.39 is 5.54 Å². The molecule has 0 bridgehead atoms. The van der Waals surface area contributed by atoms with E-state index in [0.29, 0.717) is 53.5 Å². The molecule has 1 saturated heterocycles. The van der Waals surface area contributed by atoms with E-state index in [4.69, 9.17) is 24.4 Å². The van der Waals surface area contributed by atoms with Gasteiger partial charge in [0.05, 0.1) is 23.9 Å². The zero-order valence-electron chi connectivity index (χ0n) is 27.7. The lowest BCUT2D eigenvalue weighted by Crippen LogP contribution is -2.52. The van der Waals surface area contributed by atoms with Gasteiger partial charge in [0.15, 0.2) is 5.49 Å². The first kappa shape index (κ1) is 34.1. The normalized spacial score (nSPS) is 21.6. The first-order valence-corrected chi connectivity index (χ1v) is 17.3. The van der Waals surface area contributed by atoms with Gasteiger partial charge < -0.3 is 25.4 Å². The fourth-order valence-electron chi connectivity index (χ4n) is 7.15. The fourth-order valence-corrected chi connectivity index (χ4v) is 7.15. The Labute approximate surface area is 272 Å². The van der Waals surface area contributed by atoms with Crippen LogP contribution in [0.4, 0.5) is 5.95 Å². The number of benzene rings is 1. The molecule has 11 nitrogen and oxygen atoms in total. The van der Waals surface area contributed by atoms with Crippen LogP contribution in [0.15, 0.2) is 40.3 Å². The molecule has 2 aliphatic heterocycles. The van der Waals surface area contributed by atoms with Crippen LogP contribution in [-0.2, 0) is 14.3 Å². The summed E-state index contributed by atoms with van der Waals surface area (Å²) in [6.45, 7) is 7.10. The molecule has 3 N–H and O–H groups in total. The molecule has 2 fully saturated rings. The molecule has 46 heavy (non-hydrogen) atoms. The third-order valence-electron chi connectivity index (χ3n) is 9.86. The smallest absolute Gasteiger partial charge is 0.274 e. The number of fused-ring (bicyclic) bond motifs is 1. The highest BCUT2D eigenvalue weighted by molar-refractivity contribution is 5.94. The molecular weight excluding hydrogens is 582 g/mol. The number of carbonyl (C=O) groups is 2. The average molecular weight is 634 g/mol. The molecule has 1 aromatic carbocycles. The van der Waals surface area contributed by atoms with Crippen LogP contribution < -0.4 is 26.8 Å². The Morgan fingerprint density at radius 1 is 1.07 bits per heavy atom. The van der Waals surface area contributed by atoms with E-state index in [9.17, 15) is 9.59 Å². The summed E-state index contributed by atoms with van der Waals surface area (Å²) in [7, 11) is 1.70. The summed E-state index contributed by atoms with van der Waals surface area (Å²) in [6, 6.07) is 9.10. The zero-order chi connectivity index (χ0) is 32.4. The van der Waals surface area contributed by atoms with Crippen LogP contribution in [0.3, 0.4) is 0 Å². The van der Waals surface area contributed by atoms with Gasteiger partial charge in [-0.1, -0.05) is 38.0 Å². The molecule has 3 atom stereocenters. The number of aromatic nitrogens is 2. The molecule has 3 heterocycles. The number of piperidine rings is 1.